The van der Waals surface area contributed by atoms with Crippen LogP contribution in [0.2, 0.25) is 5.02 Å². The van der Waals surface area contributed by atoms with E-state index in [1.165, 1.54) is 0 Å². The molecule has 0 radical (unpaired) electrons. The van der Waals surface area contributed by atoms with Gasteiger partial charge in [0.15, 0.2) is 0 Å². The minimum absolute atomic E-state index is 0.00704. The number of anilines is 1. The van der Waals surface area contributed by atoms with Crippen molar-refractivity contribution in [1.29, 1.82) is 0 Å². The maximum atomic E-state index is 13.0. The second-order valence-electron chi connectivity index (χ2n) is 4.21. The average Bonchev–Trinajstić information content (AvgIpc) is 2.25. The molecule has 100 valence electrons. The maximum Gasteiger partial charge on any atom is 0.418 e. The first-order chi connectivity index (χ1) is 8.39. The molecule has 0 aliphatic carbocycles. The van der Waals surface area contributed by atoms with Gasteiger partial charge in [-0.25, -0.2) is 0 Å². The predicted molar refractivity (Wildman–Crippen MR) is 70.4 cm³/mol. The van der Waals surface area contributed by atoms with E-state index >= 15 is 0 Å². The highest BCUT2D eigenvalue weighted by molar-refractivity contribution is 7.99. The largest absolute Gasteiger partial charge is 0.418 e. The van der Waals surface area contributed by atoms with Crippen LogP contribution < -0.4 is 5.32 Å². The minimum atomic E-state index is -4.38. The van der Waals surface area contributed by atoms with E-state index in [2.05, 4.69) is 5.32 Å². The molecule has 1 N–H and O–H groups in total. The molecular formula is C12H13ClF3NS. The molecule has 0 fully saturated rings. The van der Waals surface area contributed by atoms with Crippen LogP contribution >= 0.6 is 23.4 Å². The van der Waals surface area contributed by atoms with Crippen LogP contribution in [0.3, 0.4) is 0 Å². The predicted octanol–water partition coefficient (Wildman–Crippen LogP) is 4.97. The number of nitrogens with one attached hydrogen (secondary N) is 1. The Morgan fingerprint density at radius 3 is 2.78 bits per heavy atom. The lowest BCUT2D eigenvalue weighted by atomic mass is 10.0. The Kier molecular flexibility index (Phi) is 4.02. The zero-order valence-corrected chi connectivity index (χ0v) is 11.3. The molecule has 1 unspecified atom stereocenters. The van der Waals surface area contributed by atoms with E-state index < -0.39 is 11.7 Å². The number of benzene rings is 1. The second-order valence-corrected chi connectivity index (χ2v) is 6.09. The van der Waals surface area contributed by atoms with Gasteiger partial charge < -0.3 is 5.32 Å². The lowest BCUT2D eigenvalue weighted by Crippen LogP contribution is -2.16. The van der Waals surface area contributed by atoms with Crippen molar-refractivity contribution < 1.29 is 13.2 Å². The van der Waals surface area contributed by atoms with Gasteiger partial charge in [0.05, 0.1) is 11.3 Å². The summed E-state index contributed by atoms with van der Waals surface area (Å²) in [6, 6.07) is 2.62. The fourth-order valence-electron chi connectivity index (χ4n) is 2.00. The number of halogens is 4. The van der Waals surface area contributed by atoms with Crippen LogP contribution in [0.5, 0.6) is 0 Å². The summed E-state index contributed by atoms with van der Waals surface area (Å²) in [5, 5.41) is 3.05. The van der Waals surface area contributed by atoms with E-state index in [0.717, 1.165) is 18.2 Å². The lowest BCUT2D eigenvalue weighted by Gasteiger charge is -2.24. The molecule has 1 aliphatic heterocycles. The summed E-state index contributed by atoms with van der Waals surface area (Å²) in [6.07, 6.45) is -3.53. The van der Waals surface area contributed by atoms with E-state index in [0.29, 0.717) is 12.1 Å². The molecule has 1 heterocycles. The first-order valence-corrected chi connectivity index (χ1v) is 7.08. The van der Waals surface area contributed by atoms with Gasteiger partial charge in [-0.05, 0) is 36.8 Å². The van der Waals surface area contributed by atoms with Crippen LogP contribution in [0.1, 0.15) is 29.7 Å². The van der Waals surface area contributed by atoms with Crippen LogP contribution in [0.15, 0.2) is 12.1 Å². The Hall–Kier alpha value is -0.550. The maximum absolute atomic E-state index is 13.0. The van der Waals surface area contributed by atoms with Gasteiger partial charge in [-0.15, -0.1) is 0 Å². The van der Waals surface area contributed by atoms with E-state index in [1.54, 1.807) is 17.8 Å². The van der Waals surface area contributed by atoms with Crippen molar-refractivity contribution in [2.45, 2.75) is 24.8 Å². The Balaban J connectivity index is 2.58. The van der Waals surface area contributed by atoms with E-state index in [1.807, 2.05) is 6.92 Å². The standard InChI is InChI=1S/C12H13ClF3NS/c1-7-9-5-8(13)6-10(12(14,15)16)11(9)17-3-2-4-18-7/h5-7,17H,2-4H2,1H3. The number of alkyl halides is 3. The summed E-state index contributed by atoms with van der Waals surface area (Å²) >= 11 is 7.47. The van der Waals surface area contributed by atoms with Gasteiger partial charge in [0.2, 0.25) is 0 Å². The molecule has 0 spiro atoms. The monoisotopic (exact) mass is 295 g/mol. The first kappa shape index (κ1) is 13.9. The summed E-state index contributed by atoms with van der Waals surface area (Å²) in [4.78, 5) is 0. The third kappa shape index (κ3) is 2.88. The summed E-state index contributed by atoms with van der Waals surface area (Å²) < 4.78 is 39.0. The molecule has 0 saturated carbocycles. The van der Waals surface area contributed by atoms with E-state index in [9.17, 15) is 13.2 Å². The highest BCUT2D eigenvalue weighted by atomic mass is 35.5. The number of hydrogen-bond donors (Lipinski definition) is 1. The zero-order valence-electron chi connectivity index (χ0n) is 9.77. The lowest BCUT2D eigenvalue weighted by molar-refractivity contribution is -0.137. The number of hydrogen-bond acceptors (Lipinski definition) is 2. The Morgan fingerprint density at radius 2 is 2.11 bits per heavy atom. The van der Waals surface area contributed by atoms with Crippen molar-refractivity contribution in [2.75, 3.05) is 17.6 Å². The molecule has 0 saturated heterocycles. The summed E-state index contributed by atoms with van der Waals surface area (Å²) in [5.41, 5.74) is 0.158. The summed E-state index contributed by atoms with van der Waals surface area (Å²) in [6.45, 7) is 2.46. The average molecular weight is 296 g/mol. The summed E-state index contributed by atoms with van der Waals surface area (Å²) in [5.74, 6) is 0.932. The van der Waals surface area contributed by atoms with Crippen LogP contribution in [-0.2, 0) is 6.18 Å². The highest BCUT2D eigenvalue weighted by Crippen LogP contribution is 2.44. The molecule has 2 rings (SSSR count). The van der Waals surface area contributed by atoms with Crippen LogP contribution in [0.25, 0.3) is 0 Å². The van der Waals surface area contributed by atoms with Crippen molar-refractivity contribution in [3.8, 4) is 0 Å². The van der Waals surface area contributed by atoms with Gasteiger partial charge >= 0.3 is 6.18 Å². The van der Waals surface area contributed by atoms with Crippen molar-refractivity contribution in [3.63, 3.8) is 0 Å². The normalized spacial score (nSPS) is 20.6. The van der Waals surface area contributed by atoms with Gasteiger partial charge in [-0.3, -0.25) is 0 Å². The Bertz CT molecular complexity index is 448. The SMILES string of the molecule is CC1SCCCNc2c1cc(Cl)cc2C(F)(F)F. The Labute approximate surface area is 113 Å². The van der Waals surface area contributed by atoms with Crippen molar-refractivity contribution in [1.82, 2.24) is 0 Å². The van der Waals surface area contributed by atoms with Crippen LogP contribution in [0, 0.1) is 0 Å². The number of thioether (sulfide) groups is 1. The van der Waals surface area contributed by atoms with E-state index in [-0.39, 0.29) is 16.0 Å². The first-order valence-electron chi connectivity index (χ1n) is 5.65. The topological polar surface area (TPSA) is 12.0 Å². The molecule has 1 nitrogen and oxygen atoms in total. The molecule has 18 heavy (non-hydrogen) atoms. The third-order valence-electron chi connectivity index (χ3n) is 2.87. The fourth-order valence-corrected chi connectivity index (χ4v) is 3.26. The molecule has 0 amide bonds. The van der Waals surface area contributed by atoms with Crippen LogP contribution in [-0.4, -0.2) is 12.3 Å². The smallest absolute Gasteiger partial charge is 0.384 e. The highest BCUT2D eigenvalue weighted by Gasteiger charge is 2.36. The van der Waals surface area contributed by atoms with Crippen molar-refractivity contribution in [2.24, 2.45) is 0 Å². The van der Waals surface area contributed by atoms with Crippen molar-refractivity contribution in [3.05, 3.63) is 28.3 Å². The van der Waals surface area contributed by atoms with Gasteiger partial charge in [-0.1, -0.05) is 11.6 Å². The summed E-state index contributed by atoms with van der Waals surface area (Å²) in [7, 11) is 0. The van der Waals surface area contributed by atoms with E-state index in [4.69, 9.17) is 11.6 Å². The quantitative estimate of drug-likeness (QED) is 0.725. The molecule has 1 aliphatic rings. The minimum Gasteiger partial charge on any atom is -0.384 e. The molecule has 1 atom stereocenters. The van der Waals surface area contributed by atoms with Gasteiger partial charge in [-0.2, -0.15) is 24.9 Å². The van der Waals surface area contributed by atoms with Gasteiger partial charge in [0.1, 0.15) is 0 Å². The molecule has 1 aromatic rings. The zero-order chi connectivity index (χ0) is 13.3. The van der Waals surface area contributed by atoms with Crippen LogP contribution in [0.4, 0.5) is 18.9 Å². The Morgan fingerprint density at radius 1 is 1.39 bits per heavy atom. The van der Waals surface area contributed by atoms with Gasteiger partial charge in [0, 0.05) is 16.8 Å². The number of rotatable bonds is 0. The molecule has 0 bridgehead atoms. The van der Waals surface area contributed by atoms with Gasteiger partial charge in [0.25, 0.3) is 0 Å². The fraction of sp³-hybridized carbons (Fsp3) is 0.500. The number of fused-ring (bicyclic) bond motifs is 1. The van der Waals surface area contributed by atoms with Crippen molar-refractivity contribution >= 4 is 29.1 Å². The molecule has 6 heteroatoms. The second kappa shape index (κ2) is 5.21. The molecule has 1 aromatic carbocycles. The third-order valence-corrected chi connectivity index (χ3v) is 4.36. The molecule has 0 aromatic heterocycles. The molecular weight excluding hydrogens is 283 g/mol.